The summed E-state index contributed by atoms with van der Waals surface area (Å²) in [4.78, 5) is 12.8. The van der Waals surface area contributed by atoms with Crippen LogP contribution in [0.25, 0.3) is 0 Å². The van der Waals surface area contributed by atoms with Crippen molar-refractivity contribution in [3.05, 3.63) is 57.0 Å². The highest BCUT2D eigenvalue weighted by atomic mass is 79.9. The Balaban J connectivity index is 2.18. The van der Waals surface area contributed by atoms with Gasteiger partial charge in [0.1, 0.15) is 0 Å². The Morgan fingerprint density at radius 1 is 1.06 bits per heavy atom. The Bertz CT molecular complexity index is 584. The number of benzene rings is 2. The summed E-state index contributed by atoms with van der Waals surface area (Å²) < 4.78 is 1.78. The lowest BCUT2D eigenvalue weighted by Gasteiger charge is -2.07. The van der Waals surface area contributed by atoms with Gasteiger partial charge in [-0.1, -0.05) is 15.9 Å². The molecule has 0 heterocycles. The van der Waals surface area contributed by atoms with Gasteiger partial charge in [0.15, 0.2) is 0 Å². The molecule has 0 spiro atoms. The number of amides is 1. The lowest BCUT2D eigenvalue weighted by atomic mass is 10.2. The number of rotatable bonds is 2. The molecule has 18 heavy (non-hydrogen) atoms. The zero-order valence-electron chi connectivity index (χ0n) is 9.15. The summed E-state index contributed by atoms with van der Waals surface area (Å²) in [6, 6.07) is 12.6. The summed E-state index contributed by atoms with van der Waals surface area (Å²) in [5.74, 6) is -0.147. The fourth-order valence-electron chi connectivity index (χ4n) is 1.40. The third-order valence-corrected chi connectivity index (χ3v) is 3.76. The number of carbonyl (C=O) groups excluding carboxylic acids is 1. The number of nitrogens with one attached hydrogen (secondary N) is 1. The zero-order chi connectivity index (χ0) is 13.1. The Hall–Kier alpha value is -0.780. The van der Waals surface area contributed by atoms with Crippen molar-refractivity contribution < 1.29 is 4.79 Å². The van der Waals surface area contributed by atoms with Crippen LogP contribution < -0.4 is 5.32 Å². The minimum Gasteiger partial charge on any atom is -0.321 e. The lowest BCUT2D eigenvalue weighted by molar-refractivity contribution is 0.102. The van der Waals surface area contributed by atoms with Gasteiger partial charge in [-0.3, -0.25) is 4.79 Å². The van der Waals surface area contributed by atoms with E-state index in [0.29, 0.717) is 5.56 Å². The maximum Gasteiger partial charge on any atom is 0.255 e. The van der Waals surface area contributed by atoms with Crippen molar-refractivity contribution in [1.29, 1.82) is 0 Å². The number of halogens is 2. The molecule has 1 amide bonds. The molecule has 0 saturated carbocycles. The zero-order valence-corrected chi connectivity index (χ0v) is 13.2. The molecule has 0 radical (unpaired) electrons. The third-order valence-electron chi connectivity index (χ3n) is 2.31. The van der Waals surface area contributed by atoms with Crippen molar-refractivity contribution in [2.24, 2.45) is 0 Å². The Labute approximate surface area is 127 Å². The first-order valence-corrected chi connectivity index (χ1v) is 7.15. The highest BCUT2D eigenvalue weighted by molar-refractivity contribution is 9.11. The summed E-state index contributed by atoms with van der Waals surface area (Å²) in [6.07, 6.45) is 0. The quantitative estimate of drug-likeness (QED) is 0.716. The molecule has 2 rings (SSSR count). The summed E-state index contributed by atoms with van der Waals surface area (Å²) in [6.45, 7) is 0. The molecule has 0 bridgehead atoms. The fraction of sp³-hybridized carbons (Fsp3) is 0. The van der Waals surface area contributed by atoms with Crippen molar-refractivity contribution in [1.82, 2.24) is 0 Å². The van der Waals surface area contributed by atoms with Crippen LogP contribution in [0.5, 0.6) is 0 Å². The van der Waals surface area contributed by atoms with Crippen LogP contribution in [-0.4, -0.2) is 5.91 Å². The molecule has 0 fully saturated rings. The Morgan fingerprint density at radius 3 is 2.33 bits per heavy atom. The molecule has 1 N–H and O–H groups in total. The SMILES string of the molecule is O=C(Nc1ccc(Br)cc1Br)c1ccc(S)cc1. The van der Waals surface area contributed by atoms with Crippen molar-refractivity contribution in [3.63, 3.8) is 0 Å². The first-order chi connectivity index (χ1) is 8.56. The van der Waals surface area contributed by atoms with Crippen LogP contribution in [0, 0.1) is 0 Å². The molecule has 2 aromatic rings. The molecule has 92 valence electrons. The smallest absolute Gasteiger partial charge is 0.255 e. The first-order valence-electron chi connectivity index (χ1n) is 5.12. The molecule has 0 unspecified atom stereocenters. The molecule has 0 saturated heterocycles. The maximum absolute atomic E-state index is 12.0. The van der Waals surface area contributed by atoms with E-state index in [4.69, 9.17) is 0 Å². The number of hydrogen-bond acceptors (Lipinski definition) is 2. The highest BCUT2D eigenvalue weighted by Crippen LogP contribution is 2.26. The van der Waals surface area contributed by atoms with Crippen LogP contribution in [0.2, 0.25) is 0 Å². The molecule has 0 aliphatic heterocycles. The maximum atomic E-state index is 12.0. The number of anilines is 1. The molecule has 0 atom stereocenters. The topological polar surface area (TPSA) is 29.1 Å². The molecule has 0 aliphatic rings. The van der Waals surface area contributed by atoms with Gasteiger partial charge in [0.05, 0.1) is 5.69 Å². The van der Waals surface area contributed by atoms with Crippen LogP contribution in [0.4, 0.5) is 5.69 Å². The second-order valence-electron chi connectivity index (χ2n) is 3.63. The van der Waals surface area contributed by atoms with Gasteiger partial charge in [0, 0.05) is 19.4 Å². The van der Waals surface area contributed by atoms with E-state index in [2.05, 4.69) is 49.8 Å². The van der Waals surface area contributed by atoms with E-state index in [-0.39, 0.29) is 5.91 Å². The van der Waals surface area contributed by atoms with Gasteiger partial charge in [-0.2, -0.15) is 0 Å². The van der Waals surface area contributed by atoms with Gasteiger partial charge < -0.3 is 5.32 Å². The predicted molar refractivity (Wildman–Crippen MR) is 83.5 cm³/mol. The summed E-state index contributed by atoms with van der Waals surface area (Å²) in [5, 5.41) is 2.84. The van der Waals surface area contributed by atoms with Gasteiger partial charge in [0.25, 0.3) is 5.91 Å². The average molecular weight is 387 g/mol. The molecule has 2 nitrogen and oxygen atoms in total. The van der Waals surface area contributed by atoms with E-state index < -0.39 is 0 Å². The molecule has 5 heteroatoms. The van der Waals surface area contributed by atoms with Crippen LogP contribution in [0.15, 0.2) is 56.3 Å². The third kappa shape index (κ3) is 3.37. The predicted octanol–water partition coefficient (Wildman–Crippen LogP) is 4.75. The van der Waals surface area contributed by atoms with E-state index in [0.717, 1.165) is 19.5 Å². The normalized spacial score (nSPS) is 10.2. The van der Waals surface area contributed by atoms with Crippen molar-refractivity contribution in [2.45, 2.75) is 4.90 Å². The monoisotopic (exact) mass is 385 g/mol. The molecule has 2 aromatic carbocycles. The Morgan fingerprint density at radius 2 is 1.72 bits per heavy atom. The largest absolute Gasteiger partial charge is 0.321 e. The van der Waals surface area contributed by atoms with Gasteiger partial charge in [-0.05, 0) is 58.4 Å². The van der Waals surface area contributed by atoms with E-state index in [1.54, 1.807) is 24.3 Å². The van der Waals surface area contributed by atoms with Gasteiger partial charge >= 0.3 is 0 Å². The van der Waals surface area contributed by atoms with Gasteiger partial charge in [0.2, 0.25) is 0 Å². The second-order valence-corrected chi connectivity index (χ2v) is 5.91. The molecular formula is C13H9Br2NOS. The van der Waals surface area contributed by atoms with Crippen molar-refractivity contribution >= 4 is 56.1 Å². The van der Waals surface area contributed by atoms with Crippen LogP contribution in [0.1, 0.15) is 10.4 Å². The first kappa shape index (κ1) is 13.6. The fourth-order valence-corrected chi connectivity index (χ4v) is 2.69. The number of carbonyl (C=O) groups is 1. The minimum absolute atomic E-state index is 0.147. The molecular weight excluding hydrogens is 378 g/mol. The second kappa shape index (κ2) is 5.91. The standard InChI is InChI=1S/C13H9Br2NOS/c14-9-3-6-12(11(15)7-9)16-13(17)8-1-4-10(18)5-2-8/h1-7,18H,(H,16,17). The van der Waals surface area contributed by atoms with E-state index >= 15 is 0 Å². The highest BCUT2D eigenvalue weighted by Gasteiger charge is 2.08. The van der Waals surface area contributed by atoms with Crippen LogP contribution in [0.3, 0.4) is 0 Å². The summed E-state index contributed by atoms with van der Waals surface area (Å²) >= 11 is 10.9. The average Bonchev–Trinajstić information content (AvgIpc) is 2.33. The summed E-state index contributed by atoms with van der Waals surface area (Å²) in [5.41, 5.74) is 1.33. The van der Waals surface area contributed by atoms with Crippen molar-refractivity contribution in [3.8, 4) is 0 Å². The van der Waals surface area contributed by atoms with E-state index in [9.17, 15) is 4.79 Å². The lowest BCUT2D eigenvalue weighted by Crippen LogP contribution is -2.12. The van der Waals surface area contributed by atoms with Crippen molar-refractivity contribution in [2.75, 3.05) is 5.32 Å². The Kier molecular flexibility index (Phi) is 4.48. The summed E-state index contributed by atoms with van der Waals surface area (Å²) in [7, 11) is 0. The molecule has 0 aliphatic carbocycles. The van der Waals surface area contributed by atoms with Gasteiger partial charge in [-0.25, -0.2) is 0 Å². The van der Waals surface area contributed by atoms with E-state index in [1.807, 2.05) is 18.2 Å². The number of thiol groups is 1. The minimum atomic E-state index is -0.147. The van der Waals surface area contributed by atoms with Gasteiger partial charge in [-0.15, -0.1) is 12.6 Å². The number of hydrogen-bond donors (Lipinski definition) is 2. The van der Waals surface area contributed by atoms with Crippen LogP contribution in [-0.2, 0) is 0 Å². The van der Waals surface area contributed by atoms with E-state index in [1.165, 1.54) is 0 Å². The molecule has 0 aromatic heterocycles. The van der Waals surface area contributed by atoms with Crippen LogP contribution >= 0.6 is 44.5 Å².